The van der Waals surface area contributed by atoms with Crippen LogP contribution in [0.15, 0.2) is 36.4 Å². The molecule has 0 unspecified atom stereocenters. The minimum Gasteiger partial charge on any atom is -0.300 e. The number of nitrogens with zero attached hydrogens (tertiary/aromatic N) is 1. The van der Waals surface area contributed by atoms with Gasteiger partial charge in [0.1, 0.15) is 5.78 Å². The van der Waals surface area contributed by atoms with Gasteiger partial charge in [0.15, 0.2) is 0 Å². The average Bonchev–Trinajstić information content (AvgIpc) is 2.38. The molecule has 1 aromatic rings. The number of hydrogen-bond acceptors (Lipinski definition) is 2. The number of Topliss-reactive ketones (excluding diaryl/α,β-unsaturated/α-hetero) is 1. The van der Waals surface area contributed by atoms with Crippen molar-refractivity contribution < 1.29 is 4.79 Å². The molecule has 0 saturated heterocycles. The summed E-state index contributed by atoms with van der Waals surface area (Å²) in [6.45, 7) is 4.59. The van der Waals surface area contributed by atoms with Crippen LogP contribution in [0.1, 0.15) is 25.3 Å². The molecule has 2 rings (SSSR count). The quantitative estimate of drug-likeness (QED) is 0.791. The molecule has 0 amide bonds. The van der Waals surface area contributed by atoms with E-state index < -0.39 is 0 Å². The highest BCUT2D eigenvalue weighted by atomic mass is 16.1. The fraction of sp³-hybridized carbons (Fsp3) is 0.400. The lowest BCUT2D eigenvalue weighted by Gasteiger charge is -2.26. The minimum absolute atomic E-state index is 0.280. The summed E-state index contributed by atoms with van der Waals surface area (Å²) in [6, 6.07) is 10.5. The van der Waals surface area contributed by atoms with E-state index in [0.29, 0.717) is 6.42 Å². The fourth-order valence-electron chi connectivity index (χ4n) is 2.14. The lowest BCUT2D eigenvalue weighted by Crippen LogP contribution is -2.30. The number of hydrogen-bond donors (Lipinski definition) is 0. The van der Waals surface area contributed by atoms with Gasteiger partial charge in [-0.15, -0.1) is 0 Å². The molecule has 1 aromatic carbocycles. The monoisotopic (exact) mass is 229 g/mol. The topological polar surface area (TPSA) is 20.3 Å². The molecule has 90 valence electrons. The molecule has 0 bridgehead atoms. The Labute approximate surface area is 103 Å². The number of benzene rings is 1. The molecule has 17 heavy (non-hydrogen) atoms. The molecule has 0 saturated carbocycles. The molecular formula is C15H19NO. The Morgan fingerprint density at radius 2 is 2.06 bits per heavy atom. The minimum atomic E-state index is 0.280. The Morgan fingerprint density at radius 3 is 2.65 bits per heavy atom. The first-order valence-corrected chi connectivity index (χ1v) is 6.22. The van der Waals surface area contributed by atoms with Gasteiger partial charge in [0.05, 0.1) is 0 Å². The number of ketones is 1. The van der Waals surface area contributed by atoms with Gasteiger partial charge in [-0.3, -0.25) is 9.69 Å². The lowest BCUT2D eigenvalue weighted by atomic mass is 9.99. The van der Waals surface area contributed by atoms with E-state index in [0.717, 1.165) is 26.1 Å². The van der Waals surface area contributed by atoms with Crippen LogP contribution in [-0.4, -0.2) is 30.3 Å². The maximum absolute atomic E-state index is 10.9. The lowest BCUT2D eigenvalue weighted by molar-refractivity contribution is -0.117. The van der Waals surface area contributed by atoms with E-state index in [1.54, 1.807) is 6.92 Å². The number of carbonyl (C=O) groups is 1. The molecule has 0 aliphatic carbocycles. The van der Waals surface area contributed by atoms with Gasteiger partial charge in [0.25, 0.3) is 0 Å². The maximum atomic E-state index is 10.9. The second-order valence-corrected chi connectivity index (χ2v) is 4.60. The predicted molar refractivity (Wildman–Crippen MR) is 70.8 cm³/mol. The zero-order valence-corrected chi connectivity index (χ0v) is 10.4. The first-order chi connectivity index (χ1) is 8.25. The highest BCUT2D eigenvalue weighted by Crippen LogP contribution is 2.21. The van der Waals surface area contributed by atoms with Crippen molar-refractivity contribution in [2.75, 3.05) is 19.6 Å². The Bertz CT molecular complexity index is 408. The van der Waals surface area contributed by atoms with Gasteiger partial charge >= 0.3 is 0 Å². The fourth-order valence-corrected chi connectivity index (χ4v) is 2.14. The summed E-state index contributed by atoms with van der Waals surface area (Å²) in [7, 11) is 0. The van der Waals surface area contributed by atoms with Crippen LogP contribution in [-0.2, 0) is 4.79 Å². The van der Waals surface area contributed by atoms with Gasteiger partial charge < -0.3 is 0 Å². The van der Waals surface area contributed by atoms with E-state index in [2.05, 4.69) is 35.2 Å². The average molecular weight is 229 g/mol. The van der Waals surface area contributed by atoms with E-state index in [-0.39, 0.29) is 5.78 Å². The SMILES string of the molecule is CC(=O)CCN1CC=C(c2ccccc2)CC1. The molecule has 0 spiro atoms. The first kappa shape index (κ1) is 12.1. The summed E-state index contributed by atoms with van der Waals surface area (Å²) < 4.78 is 0. The summed E-state index contributed by atoms with van der Waals surface area (Å²) >= 11 is 0. The molecule has 0 radical (unpaired) electrons. The van der Waals surface area contributed by atoms with Crippen molar-refractivity contribution in [3.8, 4) is 0 Å². The number of rotatable bonds is 4. The van der Waals surface area contributed by atoms with E-state index in [9.17, 15) is 4.79 Å². The molecule has 0 atom stereocenters. The molecule has 2 nitrogen and oxygen atoms in total. The number of carbonyl (C=O) groups excluding carboxylic acids is 1. The summed E-state index contributed by atoms with van der Waals surface area (Å²) in [5, 5.41) is 0. The Morgan fingerprint density at radius 1 is 1.29 bits per heavy atom. The van der Waals surface area contributed by atoms with Crippen molar-refractivity contribution in [1.29, 1.82) is 0 Å². The molecule has 1 heterocycles. The van der Waals surface area contributed by atoms with Crippen LogP contribution >= 0.6 is 0 Å². The Kier molecular flexibility index (Phi) is 4.10. The van der Waals surface area contributed by atoms with Crippen molar-refractivity contribution in [3.05, 3.63) is 42.0 Å². The second-order valence-electron chi connectivity index (χ2n) is 4.60. The van der Waals surface area contributed by atoms with Crippen LogP contribution < -0.4 is 0 Å². The molecule has 2 heteroatoms. The summed E-state index contributed by atoms with van der Waals surface area (Å²) in [5.41, 5.74) is 2.77. The van der Waals surface area contributed by atoms with Crippen molar-refractivity contribution in [2.24, 2.45) is 0 Å². The van der Waals surface area contributed by atoms with Crippen LogP contribution in [0.2, 0.25) is 0 Å². The van der Waals surface area contributed by atoms with Crippen LogP contribution in [0.5, 0.6) is 0 Å². The predicted octanol–water partition coefficient (Wildman–Crippen LogP) is 2.75. The van der Waals surface area contributed by atoms with Crippen LogP contribution in [0.25, 0.3) is 5.57 Å². The van der Waals surface area contributed by atoms with Gasteiger partial charge in [-0.1, -0.05) is 36.4 Å². The molecule has 0 N–H and O–H groups in total. The third-order valence-corrected chi connectivity index (χ3v) is 3.22. The first-order valence-electron chi connectivity index (χ1n) is 6.22. The standard InChI is InChI=1S/C15H19NO/c1-13(17)7-10-16-11-8-15(9-12-16)14-5-3-2-4-6-14/h2-6,8H,7,9-12H2,1H3. The van der Waals surface area contributed by atoms with Gasteiger partial charge in [-0.25, -0.2) is 0 Å². The third kappa shape index (κ3) is 3.53. The largest absolute Gasteiger partial charge is 0.300 e. The van der Waals surface area contributed by atoms with Crippen molar-refractivity contribution in [3.63, 3.8) is 0 Å². The smallest absolute Gasteiger partial charge is 0.131 e. The summed E-state index contributed by atoms with van der Waals surface area (Å²) in [5.74, 6) is 0.280. The van der Waals surface area contributed by atoms with Gasteiger partial charge in [0.2, 0.25) is 0 Å². The van der Waals surface area contributed by atoms with Gasteiger partial charge in [0, 0.05) is 26.1 Å². The van der Waals surface area contributed by atoms with Gasteiger partial charge in [-0.2, -0.15) is 0 Å². The second kappa shape index (κ2) is 5.78. The zero-order chi connectivity index (χ0) is 12.1. The third-order valence-electron chi connectivity index (χ3n) is 3.22. The van der Waals surface area contributed by atoms with Gasteiger partial charge in [-0.05, 0) is 24.5 Å². The highest BCUT2D eigenvalue weighted by Gasteiger charge is 2.12. The molecule has 1 aliphatic rings. The highest BCUT2D eigenvalue weighted by molar-refractivity contribution is 5.75. The zero-order valence-electron chi connectivity index (χ0n) is 10.4. The van der Waals surface area contributed by atoms with Crippen LogP contribution in [0, 0.1) is 0 Å². The molecular weight excluding hydrogens is 210 g/mol. The Hall–Kier alpha value is -1.41. The summed E-state index contributed by atoms with van der Waals surface area (Å²) in [6.07, 6.45) is 4.05. The van der Waals surface area contributed by atoms with E-state index in [1.165, 1.54) is 11.1 Å². The van der Waals surface area contributed by atoms with E-state index in [4.69, 9.17) is 0 Å². The molecule has 0 fully saturated rings. The normalized spacial score (nSPS) is 16.6. The van der Waals surface area contributed by atoms with Crippen molar-refractivity contribution in [1.82, 2.24) is 4.90 Å². The maximum Gasteiger partial charge on any atom is 0.131 e. The van der Waals surface area contributed by atoms with E-state index >= 15 is 0 Å². The van der Waals surface area contributed by atoms with E-state index in [1.807, 2.05) is 6.07 Å². The molecule has 0 aromatic heterocycles. The van der Waals surface area contributed by atoms with Crippen molar-refractivity contribution in [2.45, 2.75) is 19.8 Å². The molecule has 1 aliphatic heterocycles. The van der Waals surface area contributed by atoms with Crippen molar-refractivity contribution >= 4 is 11.4 Å². The Balaban J connectivity index is 1.91. The summed E-state index contributed by atoms with van der Waals surface area (Å²) in [4.78, 5) is 13.3. The van der Waals surface area contributed by atoms with Crippen LogP contribution in [0.3, 0.4) is 0 Å². The van der Waals surface area contributed by atoms with Crippen LogP contribution in [0.4, 0.5) is 0 Å².